The van der Waals surface area contributed by atoms with Gasteiger partial charge in [0.15, 0.2) is 0 Å². The minimum atomic E-state index is -0.463. The Morgan fingerprint density at radius 1 is 1.00 bits per heavy atom. The van der Waals surface area contributed by atoms with E-state index >= 15 is 0 Å². The summed E-state index contributed by atoms with van der Waals surface area (Å²) in [5.74, 6) is -0.00714. The first-order valence-corrected chi connectivity index (χ1v) is 7.88. The number of nitrogens with zero attached hydrogens (tertiary/aromatic N) is 2. The third-order valence-corrected chi connectivity index (χ3v) is 3.79. The topological polar surface area (TPSA) is 63.0 Å². The summed E-state index contributed by atoms with van der Waals surface area (Å²) in [6.45, 7) is 0. The maximum atomic E-state index is 12.1. The molecular weight excluding hydrogens is 368 g/mol. The number of carbonyl (C=O) groups excluding carboxylic acids is 1. The lowest BCUT2D eigenvalue weighted by Crippen LogP contribution is -2.08. The molecule has 0 saturated heterocycles. The number of halogens is 1. The molecule has 0 amide bonds. The molecule has 2 aromatic carbocycles. The molecule has 0 N–H and O–H groups in total. The standard InChI is InChI=1S/C19H11BrN2O2/c20-17-9-16(11-22-12-17)19(23)24-18-7-5-15(6-8-18)14-3-1-13(10-21)2-4-14/h1-9,11-12H. The van der Waals surface area contributed by atoms with Crippen molar-refractivity contribution in [2.75, 3.05) is 0 Å². The first kappa shape index (κ1) is 15.9. The van der Waals surface area contributed by atoms with Gasteiger partial charge in [-0.25, -0.2) is 4.79 Å². The van der Waals surface area contributed by atoms with Crippen LogP contribution in [0.2, 0.25) is 0 Å². The first-order chi connectivity index (χ1) is 11.7. The van der Waals surface area contributed by atoms with E-state index in [0.29, 0.717) is 21.3 Å². The summed E-state index contributed by atoms with van der Waals surface area (Å²) in [7, 11) is 0. The van der Waals surface area contributed by atoms with E-state index in [1.807, 2.05) is 24.3 Å². The zero-order valence-corrected chi connectivity index (χ0v) is 14.0. The highest BCUT2D eigenvalue weighted by molar-refractivity contribution is 9.10. The van der Waals surface area contributed by atoms with Crippen molar-refractivity contribution in [3.63, 3.8) is 0 Å². The Bertz CT molecular complexity index is 913. The average Bonchev–Trinajstić information content (AvgIpc) is 2.62. The van der Waals surface area contributed by atoms with Gasteiger partial charge in [-0.05, 0) is 57.4 Å². The fourth-order valence-electron chi connectivity index (χ4n) is 2.14. The summed E-state index contributed by atoms with van der Waals surface area (Å²) in [5, 5.41) is 8.82. The largest absolute Gasteiger partial charge is 0.423 e. The Balaban J connectivity index is 1.74. The quantitative estimate of drug-likeness (QED) is 0.493. The summed E-state index contributed by atoms with van der Waals surface area (Å²) in [6, 6.07) is 18.2. The Morgan fingerprint density at radius 2 is 1.62 bits per heavy atom. The summed E-state index contributed by atoms with van der Waals surface area (Å²) >= 11 is 3.27. The van der Waals surface area contributed by atoms with E-state index in [1.165, 1.54) is 6.20 Å². The molecule has 0 radical (unpaired) electrons. The predicted octanol–water partition coefficient (Wildman–Crippen LogP) is 4.60. The van der Waals surface area contributed by atoms with E-state index < -0.39 is 5.97 Å². The molecule has 0 aliphatic carbocycles. The van der Waals surface area contributed by atoms with Gasteiger partial charge < -0.3 is 4.74 Å². The van der Waals surface area contributed by atoms with Crippen LogP contribution in [0.3, 0.4) is 0 Å². The molecule has 0 fully saturated rings. The molecule has 0 aliphatic rings. The van der Waals surface area contributed by atoms with Gasteiger partial charge in [0.1, 0.15) is 5.75 Å². The third kappa shape index (κ3) is 3.67. The zero-order valence-electron chi connectivity index (χ0n) is 12.4. The van der Waals surface area contributed by atoms with E-state index in [4.69, 9.17) is 10.00 Å². The van der Waals surface area contributed by atoms with E-state index in [9.17, 15) is 4.79 Å². The number of pyridine rings is 1. The molecule has 5 heteroatoms. The molecule has 0 spiro atoms. The fraction of sp³-hybridized carbons (Fsp3) is 0. The Morgan fingerprint density at radius 3 is 2.21 bits per heavy atom. The van der Waals surface area contributed by atoms with E-state index in [2.05, 4.69) is 27.0 Å². The number of aromatic nitrogens is 1. The SMILES string of the molecule is N#Cc1ccc(-c2ccc(OC(=O)c3cncc(Br)c3)cc2)cc1. The molecule has 1 aromatic heterocycles. The van der Waals surface area contributed by atoms with E-state index in [-0.39, 0.29) is 0 Å². The maximum absolute atomic E-state index is 12.1. The highest BCUT2D eigenvalue weighted by atomic mass is 79.9. The van der Waals surface area contributed by atoms with Crippen molar-refractivity contribution in [1.82, 2.24) is 4.98 Å². The number of esters is 1. The second-order valence-corrected chi connectivity index (χ2v) is 5.91. The first-order valence-electron chi connectivity index (χ1n) is 7.09. The Hall–Kier alpha value is -2.97. The normalized spacial score (nSPS) is 10.0. The van der Waals surface area contributed by atoms with Gasteiger partial charge in [0, 0.05) is 16.9 Å². The van der Waals surface area contributed by atoms with Crippen molar-refractivity contribution in [2.45, 2.75) is 0 Å². The number of hydrogen-bond acceptors (Lipinski definition) is 4. The lowest BCUT2D eigenvalue weighted by Gasteiger charge is -2.06. The molecule has 0 aliphatic heterocycles. The molecule has 24 heavy (non-hydrogen) atoms. The lowest BCUT2D eigenvalue weighted by molar-refractivity contribution is 0.0734. The smallest absolute Gasteiger partial charge is 0.345 e. The van der Waals surface area contributed by atoms with Crippen LogP contribution in [0.1, 0.15) is 15.9 Å². The monoisotopic (exact) mass is 378 g/mol. The summed E-state index contributed by atoms with van der Waals surface area (Å²) in [4.78, 5) is 16.0. The van der Waals surface area contributed by atoms with Crippen LogP contribution in [-0.2, 0) is 0 Å². The summed E-state index contributed by atoms with van der Waals surface area (Å²) in [6.07, 6.45) is 3.06. The number of nitriles is 1. The van der Waals surface area contributed by atoms with Gasteiger partial charge in [0.25, 0.3) is 0 Å². The van der Waals surface area contributed by atoms with Crippen molar-refractivity contribution in [3.05, 3.63) is 82.6 Å². The minimum absolute atomic E-state index is 0.376. The van der Waals surface area contributed by atoms with Crippen LogP contribution >= 0.6 is 15.9 Å². The molecule has 4 nitrogen and oxygen atoms in total. The zero-order chi connectivity index (χ0) is 16.9. The highest BCUT2D eigenvalue weighted by Crippen LogP contribution is 2.23. The van der Waals surface area contributed by atoms with Crippen molar-refractivity contribution >= 4 is 21.9 Å². The van der Waals surface area contributed by atoms with E-state index in [0.717, 1.165) is 11.1 Å². The molecule has 0 bridgehead atoms. The van der Waals surface area contributed by atoms with Gasteiger partial charge in [-0.2, -0.15) is 5.26 Å². The molecule has 3 rings (SSSR count). The van der Waals surface area contributed by atoms with Crippen LogP contribution in [0.4, 0.5) is 0 Å². The number of carbonyl (C=O) groups is 1. The number of hydrogen-bond donors (Lipinski definition) is 0. The minimum Gasteiger partial charge on any atom is -0.423 e. The molecule has 116 valence electrons. The van der Waals surface area contributed by atoms with E-state index in [1.54, 1.807) is 36.5 Å². The van der Waals surface area contributed by atoms with Gasteiger partial charge in [-0.1, -0.05) is 24.3 Å². The second-order valence-electron chi connectivity index (χ2n) is 4.99. The molecule has 0 atom stereocenters. The Labute approximate surface area is 147 Å². The molecule has 0 saturated carbocycles. The Kier molecular flexibility index (Phi) is 4.69. The number of benzene rings is 2. The molecule has 0 unspecified atom stereocenters. The number of rotatable bonds is 3. The maximum Gasteiger partial charge on any atom is 0.345 e. The van der Waals surface area contributed by atoms with Crippen LogP contribution in [0.15, 0.2) is 71.5 Å². The summed E-state index contributed by atoms with van der Waals surface area (Å²) in [5.41, 5.74) is 2.96. The van der Waals surface area contributed by atoms with Gasteiger partial charge in [-0.3, -0.25) is 4.98 Å². The molecular formula is C19H11BrN2O2. The third-order valence-electron chi connectivity index (χ3n) is 3.35. The molecule has 1 heterocycles. The van der Waals surface area contributed by atoms with Crippen molar-refractivity contribution in [1.29, 1.82) is 5.26 Å². The number of ether oxygens (including phenoxy) is 1. The van der Waals surface area contributed by atoms with Crippen LogP contribution in [0, 0.1) is 11.3 Å². The highest BCUT2D eigenvalue weighted by Gasteiger charge is 2.09. The van der Waals surface area contributed by atoms with Crippen molar-refractivity contribution in [3.8, 4) is 22.9 Å². The van der Waals surface area contributed by atoms with Crippen LogP contribution in [0.25, 0.3) is 11.1 Å². The van der Waals surface area contributed by atoms with Crippen LogP contribution in [-0.4, -0.2) is 11.0 Å². The van der Waals surface area contributed by atoms with Gasteiger partial charge in [0.05, 0.1) is 17.2 Å². The van der Waals surface area contributed by atoms with Crippen molar-refractivity contribution < 1.29 is 9.53 Å². The summed E-state index contributed by atoms with van der Waals surface area (Å²) < 4.78 is 6.06. The van der Waals surface area contributed by atoms with Gasteiger partial charge in [0.2, 0.25) is 0 Å². The predicted molar refractivity (Wildman–Crippen MR) is 93.5 cm³/mol. The van der Waals surface area contributed by atoms with Crippen molar-refractivity contribution in [2.24, 2.45) is 0 Å². The van der Waals surface area contributed by atoms with Gasteiger partial charge in [-0.15, -0.1) is 0 Å². The van der Waals surface area contributed by atoms with Crippen LogP contribution < -0.4 is 4.74 Å². The second kappa shape index (κ2) is 7.07. The molecule has 3 aromatic rings. The van der Waals surface area contributed by atoms with Gasteiger partial charge >= 0.3 is 5.97 Å². The fourth-order valence-corrected chi connectivity index (χ4v) is 2.51. The average molecular weight is 379 g/mol. The van der Waals surface area contributed by atoms with Crippen LogP contribution in [0.5, 0.6) is 5.75 Å². The lowest BCUT2D eigenvalue weighted by atomic mass is 10.0.